The summed E-state index contributed by atoms with van der Waals surface area (Å²) in [6.45, 7) is 4.52. The van der Waals surface area contributed by atoms with Crippen LogP contribution in [0.3, 0.4) is 0 Å². The molecule has 0 aliphatic rings. The van der Waals surface area contributed by atoms with Gasteiger partial charge in [0.25, 0.3) is 0 Å². The van der Waals surface area contributed by atoms with Crippen molar-refractivity contribution in [3.05, 3.63) is 0 Å². The molecule has 0 aromatic heterocycles. The number of hydrogen-bond donors (Lipinski definition) is 2. The predicted octanol–water partition coefficient (Wildman–Crippen LogP) is 9.13. The Morgan fingerprint density at radius 3 is 0.706 bits per heavy atom. The van der Waals surface area contributed by atoms with Crippen LogP contribution in [0.15, 0.2) is 0 Å². The fourth-order valence-electron chi connectivity index (χ4n) is 4.28. The Morgan fingerprint density at radius 2 is 0.529 bits per heavy atom. The Bertz CT molecular complexity index is 413. The van der Waals surface area contributed by atoms with E-state index in [1.807, 2.05) is 0 Å². The minimum absolute atomic E-state index is 0.155. The van der Waals surface area contributed by atoms with Crippen molar-refractivity contribution < 1.29 is 9.59 Å². The fourth-order valence-corrected chi connectivity index (χ4v) is 4.28. The van der Waals surface area contributed by atoms with Crippen LogP contribution >= 0.6 is 0 Å². The second-order valence-corrected chi connectivity index (χ2v) is 10.2. The van der Waals surface area contributed by atoms with Crippen molar-refractivity contribution in [2.45, 2.75) is 181 Å². The average Bonchev–Trinajstić information content (AvgIpc) is 2.80. The Morgan fingerprint density at radius 1 is 0.353 bits per heavy atom. The van der Waals surface area contributed by atoms with Crippen molar-refractivity contribution in [3.8, 4) is 0 Å². The molecule has 0 atom stereocenters. The molecule has 0 aromatic rings. The van der Waals surface area contributed by atoms with E-state index in [9.17, 15) is 9.59 Å². The van der Waals surface area contributed by atoms with Crippen molar-refractivity contribution >= 4 is 11.8 Å². The van der Waals surface area contributed by atoms with Gasteiger partial charge in [0.05, 0.1) is 0 Å². The number of amides is 2. The third-order valence-corrected chi connectivity index (χ3v) is 6.55. The van der Waals surface area contributed by atoms with Crippen LogP contribution in [0.25, 0.3) is 0 Å². The lowest BCUT2D eigenvalue weighted by atomic mass is 10.0. The van der Waals surface area contributed by atoms with E-state index in [0.717, 1.165) is 12.8 Å². The third kappa shape index (κ3) is 38.2. The van der Waals surface area contributed by atoms with E-state index in [0.29, 0.717) is 12.8 Å². The molecule has 0 saturated carbocycles. The van der Waals surface area contributed by atoms with Crippen molar-refractivity contribution in [3.63, 3.8) is 0 Å². The molecule has 0 rings (SSSR count). The van der Waals surface area contributed by atoms with Gasteiger partial charge in [-0.15, -0.1) is 0 Å². The van der Waals surface area contributed by atoms with Gasteiger partial charge in [-0.1, -0.05) is 155 Å². The zero-order valence-electron chi connectivity index (χ0n) is 23.4. The summed E-state index contributed by atoms with van der Waals surface area (Å²) in [5.74, 6) is -0.311. The number of nitrogens with two attached hydrogens (primary N) is 2. The molecule has 2 amide bonds. The maximum Gasteiger partial charge on any atom is 0.217 e. The number of rotatable bonds is 26. The van der Waals surface area contributed by atoms with Crippen molar-refractivity contribution in [2.75, 3.05) is 0 Å². The van der Waals surface area contributed by atoms with Crippen molar-refractivity contribution in [2.24, 2.45) is 11.5 Å². The molecular formula is C30H62N2O2. The van der Waals surface area contributed by atoms with Gasteiger partial charge in [0.15, 0.2) is 0 Å². The molecule has 0 heterocycles. The number of unbranched alkanes of at least 4 members (excludes halogenated alkanes) is 22. The molecule has 34 heavy (non-hydrogen) atoms. The van der Waals surface area contributed by atoms with Gasteiger partial charge in [0.1, 0.15) is 0 Å². The maximum atomic E-state index is 10.5. The summed E-state index contributed by atoms with van der Waals surface area (Å²) in [5, 5.41) is 0. The highest BCUT2D eigenvalue weighted by Crippen LogP contribution is 2.13. The second-order valence-electron chi connectivity index (χ2n) is 10.2. The Kier molecular flexibility index (Phi) is 33.0. The number of carbonyl (C=O) groups excluding carboxylic acids is 2. The van der Waals surface area contributed by atoms with Gasteiger partial charge in [-0.3, -0.25) is 9.59 Å². The SMILES string of the molecule is CCCCCCCCCCCCCC(N)=O.CCCCCCCCCCCCCCCC(N)=O. The molecule has 0 aliphatic heterocycles. The molecule has 0 unspecified atom stereocenters. The van der Waals surface area contributed by atoms with Crippen LogP contribution in [0.4, 0.5) is 0 Å². The van der Waals surface area contributed by atoms with E-state index in [1.54, 1.807) is 0 Å². The zero-order valence-corrected chi connectivity index (χ0v) is 23.4. The van der Waals surface area contributed by atoms with E-state index in [-0.39, 0.29) is 11.8 Å². The molecule has 4 N–H and O–H groups in total. The van der Waals surface area contributed by atoms with Gasteiger partial charge < -0.3 is 11.5 Å². The number of hydrogen-bond acceptors (Lipinski definition) is 2. The van der Waals surface area contributed by atoms with Gasteiger partial charge in [-0.05, 0) is 12.8 Å². The Labute approximate surface area is 213 Å². The van der Waals surface area contributed by atoms with Crippen LogP contribution in [0.5, 0.6) is 0 Å². The van der Waals surface area contributed by atoms with Crippen LogP contribution < -0.4 is 11.5 Å². The Balaban J connectivity index is 0. The summed E-state index contributed by atoms with van der Waals surface area (Å²) in [7, 11) is 0. The summed E-state index contributed by atoms with van der Waals surface area (Å²) in [6.07, 6.45) is 32.9. The van der Waals surface area contributed by atoms with Gasteiger partial charge in [-0.25, -0.2) is 0 Å². The van der Waals surface area contributed by atoms with E-state index >= 15 is 0 Å². The van der Waals surface area contributed by atoms with E-state index in [4.69, 9.17) is 11.5 Å². The largest absolute Gasteiger partial charge is 0.370 e. The van der Waals surface area contributed by atoms with Gasteiger partial charge in [0.2, 0.25) is 11.8 Å². The predicted molar refractivity (Wildman–Crippen MR) is 150 cm³/mol. The van der Waals surface area contributed by atoms with Crippen LogP contribution in [0.1, 0.15) is 181 Å². The van der Waals surface area contributed by atoms with Crippen molar-refractivity contribution in [1.82, 2.24) is 0 Å². The minimum atomic E-state index is -0.157. The van der Waals surface area contributed by atoms with Crippen LogP contribution in [-0.4, -0.2) is 11.8 Å². The minimum Gasteiger partial charge on any atom is -0.370 e. The molecule has 0 radical (unpaired) electrons. The normalized spacial score (nSPS) is 10.6. The first kappa shape index (κ1) is 35.1. The summed E-state index contributed by atoms with van der Waals surface area (Å²) >= 11 is 0. The smallest absolute Gasteiger partial charge is 0.217 e. The highest BCUT2D eigenvalue weighted by Gasteiger charge is 1.96. The summed E-state index contributed by atoms with van der Waals surface area (Å²) in [6, 6.07) is 0. The molecule has 0 aliphatic carbocycles. The lowest BCUT2D eigenvalue weighted by Gasteiger charge is -2.02. The first-order valence-corrected chi connectivity index (χ1v) is 15.1. The molecule has 0 saturated heterocycles. The lowest BCUT2D eigenvalue weighted by Crippen LogP contribution is -2.09. The Hall–Kier alpha value is -1.06. The summed E-state index contributed by atoms with van der Waals surface area (Å²) in [4.78, 5) is 21.0. The standard InChI is InChI=1S/C16H33NO.C14H29NO/c1-2-3-4-5-6-7-8-9-10-11-12-13-14-15-16(17)18;1-2-3-4-5-6-7-8-9-10-11-12-13-14(15)16/h2-15H2,1H3,(H2,17,18);2-13H2,1H3,(H2,15,16). The first-order chi connectivity index (χ1) is 16.5. The molecular weight excluding hydrogens is 420 g/mol. The zero-order chi connectivity index (χ0) is 25.5. The number of primary amides is 2. The highest BCUT2D eigenvalue weighted by atomic mass is 16.1. The number of carbonyl (C=O) groups is 2. The van der Waals surface area contributed by atoms with E-state index in [1.165, 1.54) is 141 Å². The maximum absolute atomic E-state index is 10.5. The van der Waals surface area contributed by atoms with Crippen LogP contribution in [0, 0.1) is 0 Å². The topological polar surface area (TPSA) is 86.2 Å². The summed E-state index contributed by atoms with van der Waals surface area (Å²) in [5.41, 5.74) is 10.2. The molecule has 0 bridgehead atoms. The van der Waals surface area contributed by atoms with Gasteiger partial charge in [0, 0.05) is 12.8 Å². The molecule has 0 aromatic carbocycles. The van der Waals surface area contributed by atoms with Crippen LogP contribution in [-0.2, 0) is 9.59 Å². The lowest BCUT2D eigenvalue weighted by molar-refractivity contribution is -0.119. The monoisotopic (exact) mass is 482 g/mol. The quantitative estimate of drug-likeness (QED) is 0.120. The highest BCUT2D eigenvalue weighted by molar-refractivity contribution is 5.73. The molecule has 204 valence electrons. The van der Waals surface area contributed by atoms with E-state index < -0.39 is 0 Å². The molecule has 4 nitrogen and oxygen atoms in total. The molecule has 4 heteroatoms. The van der Waals surface area contributed by atoms with Gasteiger partial charge in [-0.2, -0.15) is 0 Å². The van der Waals surface area contributed by atoms with E-state index in [2.05, 4.69) is 13.8 Å². The fraction of sp³-hybridized carbons (Fsp3) is 0.933. The molecule has 0 spiro atoms. The third-order valence-electron chi connectivity index (χ3n) is 6.55. The first-order valence-electron chi connectivity index (χ1n) is 15.1. The second kappa shape index (κ2) is 31.9. The average molecular weight is 483 g/mol. The summed E-state index contributed by atoms with van der Waals surface area (Å²) < 4.78 is 0. The van der Waals surface area contributed by atoms with Crippen LogP contribution in [0.2, 0.25) is 0 Å². The van der Waals surface area contributed by atoms with Crippen molar-refractivity contribution in [1.29, 1.82) is 0 Å². The van der Waals surface area contributed by atoms with Gasteiger partial charge >= 0.3 is 0 Å². The molecule has 0 fully saturated rings.